The molecule has 0 radical (unpaired) electrons. The summed E-state index contributed by atoms with van der Waals surface area (Å²) in [6.07, 6.45) is 1.12. The fourth-order valence-corrected chi connectivity index (χ4v) is 2.64. The highest BCUT2D eigenvalue weighted by Crippen LogP contribution is 2.27. The lowest BCUT2D eigenvalue weighted by Gasteiger charge is -2.13. The van der Waals surface area contributed by atoms with Gasteiger partial charge in [-0.2, -0.15) is 0 Å². The van der Waals surface area contributed by atoms with Crippen molar-refractivity contribution in [2.24, 2.45) is 5.92 Å². The second kappa shape index (κ2) is 9.62. The van der Waals surface area contributed by atoms with Crippen LogP contribution in [-0.2, 0) is 0 Å². The monoisotopic (exact) mass is 419 g/mol. The van der Waals surface area contributed by atoms with Crippen LogP contribution in [-0.4, -0.2) is 18.6 Å². The first-order chi connectivity index (χ1) is 12.4. The van der Waals surface area contributed by atoms with E-state index in [1.165, 1.54) is 0 Å². The average Bonchev–Trinajstić information content (AvgIpc) is 2.62. The molecule has 0 aliphatic carbocycles. The van der Waals surface area contributed by atoms with Crippen molar-refractivity contribution in [2.45, 2.75) is 40.2 Å². The van der Waals surface area contributed by atoms with Crippen LogP contribution >= 0.6 is 15.9 Å². The Morgan fingerprint density at radius 2 is 1.81 bits per heavy atom. The van der Waals surface area contributed by atoms with E-state index in [-0.39, 0.29) is 12.0 Å². The van der Waals surface area contributed by atoms with Gasteiger partial charge in [0, 0.05) is 11.3 Å². The van der Waals surface area contributed by atoms with Crippen LogP contribution in [0.4, 0.5) is 5.69 Å². The van der Waals surface area contributed by atoms with Crippen LogP contribution in [0.5, 0.6) is 11.5 Å². The van der Waals surface area contributed by atoms with Crippen molar-refractivity contribution < 1.29 is 14.3 Å². The number of carbonyl (C=O) groups is 1. The van der Waals surface area contributed by atoms with Gasteiger partial charge in [-0.3, -0.25) is 4.79 Å². The minimum atomic E-state index is -0.170. The van der Waals surface area contributed by atoms with E-state index >= 15 is 0 Å². The highest BCUT2D eigenvalue weighted by atomic mass is 79.9. The predicted molar refractivity (Wildman–Crippen MR) is 109 cm³/mol. The minimum Gasteiger partial charge on any atom is -0.492 e. The molecule has 0 fully saturated rings. The van der Waals surface area contributed by atoms with Crippen LogP contribution in [0.3, 0.4) is 0 Å². The molecule has 2 aromatic rings. The first kappa shape index (κ1) is 20.3. The Balaban J connectivity index is 1.99. The zero-order valence-corrected chi connectivity index (χ0v) is 17.3. The molecule has 5 heteroatoms. The molecule has 0 heterocycles. The molecule has 2 aromatic carbocycles. The van der Waals surface area contributed by atoms with Crippen LogP contribution < -0.4 is 14.8 Å². The van der Waals surface area contributed by atoms with Gasteiger partial charge in [0.1, 0.15) is 11.5 Å². The van der Waals surface area contributed by atoms with E-state index in [1.54, 1.807) is 12.1 Å². The van der Waals surface area contributed by atoms with Gasteiger partial charge in [0.25, 0.3) is 5.91 Å². The number of hydrogen-bond donors (Lipinski definition) is 1. The van der Waals surface area contributed by atoms with Gasteiger partial charge < -0.3 is 14.8 Å². The molecular weight excluding hydrogens is 394 g/mol. The summed E-state index contributed by atoms with van der Waals surface area (Å²) in [5.41, 5.74) is 1.29. The number of amides is 1. The van der Waals surface area contributed by atoms with E-state index < -0.39 is 0 Å². The molecule has 1 amide bonds. The van der Waals surface area contributed by atoms with Gasteiger partial charge in [0.15, 0.2) is 0 Å². The zero-order valence-electron chi connectivity index (χ0n) is 15.7. The molecule has 1 atom stereocenters. The number of halogens is 1. The summed E-state index contributed by atoms with van der Waals surface area (Å²) in [5, 5.41) is 2.89. The molecule has 0 aliphatic heterocycles. The summed E-state index contributed by atoms with van der Waals surface area (Å²) in [6.45, 7) is 8.93. The fraction of sp³-hybridized carbons (Fsp3) is 0.381. The number of rotatable bonds is 8. The maximum absolute atomic E-state index is 12.4. The van der Waals surface area contributed by atoms with Crippen molar-refractivity contribution in [1.82, 2.24) is 0 Å². The quantitative estimate of drug-likeness (QED) is 0.577. The van der Waals surface area contributed by atoms with Gasteiger partial charge >= 0.3 is 0 Å². The zero-order chi connectivity index (χ0) is 19.1. The number of carbonyl (C=O) groups excluding carboxylic acids is 1. The molecule has 2 rings (SSSR count). The smallest absolute Gasteiger partial charge is 0.255 e. The lowest BCUT2D eigenvalue weighted by molar-refractivity contribution is 0.102. The molecule has 0 aliphatic rings. The predicted octanol–water partition coefficient (Wildman–Crippen LogP) is 5.91. The lowest BCUT2D eigenvalue weighted by Crippen LogP contribution is -2.13. The Hall–Kier alpha value is -2.01. The molecule has 0 aromatic heterocycles. The van der Waals surface area contributed by atoms with Crippen LogP contribution in [0, 0.1) is 5.92 Å². The highest BCUT2D eigenvalue weighted by molar-refractivity contribution is 9.10. The van der Waals surface area contributed by atoms with Gasteiger partial charge in [-0.1, -0.05) is 20.8 Å². The topological polar surface area (TPSA) is 47.6 Å². The maximum Gasteiger partial charge on any atom is 0.255 e. The molecule has 0 bridgehead atoms. The lowest BCUT2D eigenvalue weighted by atomic mass is 10.2. The number of hydrogen-bond acceptors (Lipinski definition) is 3. The third-order valence-corrected chi connectivity index (χ3v) is 4.41. The van der Waals surface area contributed by atoms with Crippen LogP contribution in [0.1, 0.15) is 44.5 Å². The van der Waals surface area contributed by atoms with Crippen LogP contribution in [0.15, 0.2) is 46.9 Å². The highest BCUT2D eigenvalue weighted by Gasteiger charge is 2.10. The van der Waals surface area contributed by atoms with Crippen molar-refractivity contribution in [1.29, 1.82) is 0 Å². The summed E-state index contributed by atoms with van der Waals surface area (Å²) < 4.78 is 12.2. The maximum atomic E-state index is 12.4. The Labute approximate surface area is 164 Å². The SMILES string of the molecule is CCC(C)Oc1ccc(NC(=O)c2ccc(OCC(C)C)c(Br)c2)cc1. The molecule has 4 nitrogen and oxygen atoms in total. The van der Waals surface area contributed by atoms with Gasteiger partial charge in [0.2, 0.25) is 0 Å². The summed E-state index contributed by atoms with van der Waals surface area (Å²) >= 11 is 3.47. The average molecular weight is 420 g/mol. The molecule has 26 heavy (non-hydrogen) atoms. The summed E-state index contributed by atoms with van der Waals surface area (Å²) in [7, 11) is 0. The second-order valence-corrected chi connectivity index (χ2v) is 7.52. The number of ether oxygens (including phenoxy) is 2. The van der Waals surface area contributed by atoms with E-state index in [0.29, 0.717) is 18.1 Å². The molecule has 1 N–H and O–H groups in total. The molecule has 0 saturated heterocycles. The van der Waals surface area contributed by atoms with E-state index in [9.17, 15) is 4.79 Å². The van der Waals surface area contributed by atoms with Crippen molar-refractivity contribution in [2.75, 3.05) is 11.9 Å². The molecular formula is C21H26BrNO3. The molecule has 0 saturated carbocycles. The Morgan fingerprint density at radius 3 is 2.38 bits per heavy atom. The molecule has 1 unspecified atom stereocenters. The normalized spacial score (nSPS) is 11.9. The van der Waals surface area contributed by atoms with Gasteiger partial charge in [-0.25, -0.2) is 0 Å². The van der Waals surface area contributed by atoms with Crippen molar-refractivity contribution in [3.63, 3.8) is 0 Å². The van der Waals surface area contributed by atoms with Gasteiger partial charge in [0.05, 0.1) is 17.2 Å². The first-order valence-corrected chi connectivity index (χ1v) is 9.68. The second-order valence-electron chi connectivity index (χ2n) is 6.67. The minimum absolute atomic E-state index is 0.170. The van der Waals surface area contributed by atoms with Gasteiger partial charge in [-0.05, 0) is 77.7 Å². The number of anilines is 1. The molecule has 140 valence electrons. The van der Waals surface area contributed by atoms with E-state index in [1.807, 2.05) is 37.3 Å². The fourth-order valence-electron chi connectivity index (χ4n) is 2.15. The van der Waals surface area contributed by atoms with Crippen molar-refractivity contribution >= 4 is 27.5 Å². The summed E-state index contributed by atoms with van der Waals surface area (Å²) in [5.74, 6) is 1.81. The van der Waals surface area contributed by atoms with Crippen LogP contribution in [0.25, 0.3) is 0 Å². The third kappa shape index (κ3) is 6.06. The largest absolute Gasteiger partial charge is 0.492 e. The Bertz CT molecular complexity index is 729. The summed E-state index contributed by atoms with van der Waals surface area (Å²) in [4.78, 5) is 12.4. The van der Waals surface area contributed by atoms with E-state index in [0.717, 1.165) is 28.1 Å². The number of nitrogens with one attached hydrogen (secondary N) is 1. The Morgan fingerprint density at radius 1 is 1.12 bits per heavy atom. The van der Waals surface area contributed by atoms with Crippen molar-refractivity contribution in [3.8, 4) is 11.5 Å². The molecule has 0 spiro atoms. The number of benzene rings is 2. The first-order valence-electron chi connectivity index (χ1n) is 8.89. The Kier molecular flexibility index (Phi) is 7.51. The summed E-state index contributed by atoms with van der Waals surface area (Å²) in [6, 6.07) is 12.7. The van der Waals surface area contributed by atoms with E-state index in [2.05, 4.69) is 42.0 Å². The van der Waals surface area contributed by atoms with E-state index in [4.69, 9.17) is 9.47 Å². The van der Waals surface area contributed by atoms with Crippen molar-refractivity contribution in [3.05, 3.63) is 52.5 Å². The van der Waals surface area contributed by atoms with Crippen LogP contribution in [0.2, 0.25) is 0 Å². The standard InChI is InChI=1S/C21H26BrNO3/c1-5-15(4)26-18-9-7-17(8-10-18)23-21(24)16-6-11-20(19(22)12-16)25-13-14(2)3/h6-12,14-15H,5,13H2,1-4H3,(H,23,24). The third-order valence-electron chi connectivity index (χ3n) is 3.79. The van der Waals surface area contributed by atoms with Gasteiger partial charge in [-0.15, -0.1) is 0 Å².